The molecule has 174 valence electrons. The fourth-order valence-corrected chi connectivity index (χ4v) is 4.17. The second-order valence-corrected chi connectivity index (χ2v) is 8.54. The summed E-state index contributed by atoms with van der Waals surface area (Å²) in [5.41, 5.74) is 5.36. The van der Waals surface area contributed by atoms with Crippen LogP contribution in [0, 0.1) is 12.7 Å². The molecule has 0 unspecified atom stereocenters. The van der Waals surface area contributed by atoms with Gasteiger partial charge in [-0.05, 0) is 49.7 Å². The molecule has 0 bridgehead atoms. The molecule has 33 heavy (non-hydrogen) atoms. The first-order valence-corrected chi connectivity index (χ1v) is 11.5. The van der Waals surface area contributed by atoms with Gasteiger partial charge in [-0.25, -0.2) is 9.38 Å². The second kappa shape index (κ2) is 11.0. The molecule has 0 saturated heterocycles. The Morgan fingerprint density at radius 3 is 2.42 bits per heavy atom. The summed E-state index contributed by atoms with van der Waals surface area (Å²) in [4.78, 5) is 10.8. The Kier molecular flexibility index (Phi) is 8.10. The van der Waals surface area contributed by atoms with Crippen molar-refractivity contribution in [3.63, 3.8) is 0 Å². The summed E-state index contributed by atoms with van der Waals surface area (Å²) in [6.45, 7) is 19.1. The van der Waals surface area contributed by atoms with Crippen molar-refractivity contribution in [1.29, 1.82) is 0 Å². The molecule has 3 rings (SSSR count). The maximum atomic E-state index is 13.5. The Hall–Kier alpha value is -3.34. The van der Waals surface area contributed by atoms with Crippen LogP contribution in [0.2, 0.25) is 0 Å². The Morgan fingerprint density at radius 1 is 1.06 bits per heavy atom. The predicted molar refractivity (Wildman–Crippen MR) is 136 cm³/mol. The lowest BCUT2D eigenvalue weighted by molar-refractivity contribution is 0.239. The van der Waals surface area contributed by atoms with E-state index in [4.69, 9.17) is 0 Å². The van der Waals surface area contributed by atoms with Crippen LogP contribution in [0.1, 0.15) is 36.5 Å². The monoisotopic (exact) mass is 446 g/mol. The van der Waals surface area contributed by atoms with Crippen molar-refractivity contribution in [1.82, 2.24) is 14.7 Å². The molecule has 0 radical (unpaired) electrons. The minimum Gasteiger partial charge on any atom is -0.362 e. The summed E-state index contributed by atoms with van der Waals surface area (Å²) < 4.78 is 13.5. The zero-order valence-electron chi connectivity index (χ0n) is 20.1. The summed E-state index contributed by atoms with van der Waals surface area (Å²) in [6.07, 6.45) is 2.99. The van der Waals surface area contributed by atoms with Crippen LogP contribution in [-0.4, -0.2) is 41.6 Å². The van der Waals surface area contributed by atoms with Crippen molar-refractivity contribution < 1.29 is 4.39 Å². The van der Waals surface area contributed by atoms with Crippen molar-refractivity contribution in [2.24, 2.45) is 4.99 Å². The summed E-state index contributed by atoms with van der Waals surface area (Å²) in [6, 6.07) is 15.2. The van der Waals surface area contributed by atoms with Crippen LogP contribution in [-0.2, 0) is 13.0 Å². The summed E-state index contributed by atoms with van der Waals surface area (Å²) in [5.74, 6) is 1.35. The quantitative estimate of drug-likeness (QED) is 0.413. The van der Waals surface area contributed by atoms with Gasteiger partial charge in [0.2, 0.25) is 0 Å². The molecule has 0 aliphatic carbocycles. The van der Waals surface area contributed by atoms with Gasteiger partial charge in [0.05, 0.1) is 5.70 Å². The lowest BCUT2D eigenvalue weighted by atomic mass is 10.1. The van der Waals surface area contributed by atoms with Gasteiger partial charge >= 0.3 is 0 Å². The summed E-state index contributed by atoms with van der Waals surface area (Å²) in [5, 5.41) is 0. The molecule has 2 aromatic rings. The minimum absolute atomic E-state index is 0.235. The molecule has 5 heteroatoms. The van der Waals surface area contributed by atoms with Crippen LogP contribution in [0.25, 0.3) is 0 Å². The van der Waals surface area contributed by atoms with Gasteiger partial charge in [0.1, 0.15) is 17.3 Å². The molecule has 1 aliphatic rings. The maximum absolute atomic E-state index is 13.5. The van der Waals surface area contributed by atoms with Crippen LogP contribution in [0.3, 0.4) is 0 Å². The van der Waals surface area contributed by atoms with E-state index in [1.807, 2.05) is 24.1 Å². The smallest absolute Gasteiger partial charge is 0.159 e. The molecule has 1 aliphatic heterocycles. The number of halogens is 1. The first kappa shape index (κ1) is 24.3. The van der Waals surface area contributed by atoms with Crippen LogP contribution in [0.15, 0.2) is 89.7 Å². The molecular weight excluding hydrogens is 411 g/mol. The normalized spacial score (nSPS) is 14.2. The van der Waals surface area contributed by atoms with Gasteiger partial charge in [-0.1, -0.05) is 68.5 Å². The molecule has 0 spiro atoms. The Labute approximate surface area is 198 Å². The Balaban J connectivity index is 2.00. The highest BCUT2D eigenvalue weighted by molar-refractivity contribution is 5.42. The van der Waals surface area contributed by atoms with E-state index in [2.05, 4.69) is 72.8 Å². The van der Waals surface area contributed by atoms with Gasteiger partial charge in [-0.3, -0.25) is 0 Å². The van der Waals surface area contributed by atoms with Gasteiger partial charge < -0.3 is 14.7 Å². The number of benzene rings is 2. The molecule has 0 aromatic heterocycles. The van der Waals surface area contributed by atoms with E-state index in [-0.39, 0.29) is 5.82 Å². The predicted octanol–water partition coefficient (Wildman–Crippen LogP) is 6.08. The number of rotatable bonds is 10. The van der Waals surface area contributed by atoms with E-state index >= 15 is 0 Å². The Morgan fingerprint density at radius 2 is 1.79 bits per heavy atom. The number of unbranched alkanes of at least 4 members (excludes halogenated alkanes) is 1. The topological polar surface area (TPSA) is 22.1 Å². The number of hydrogen-bond donors (Lipinski definition) is 0. The van der Waals surface area contributed by atoms with Crippen molar-refractivity contribution >= 4 is 6.72 Å². The van der Waals surface area contributed by atoms with Gasteiger partial charge in [-0.2, -0.15) is 0 Å². The largest absolute Gasteiger partial charge is 0.362 e. The van der Waals surface area contributed by atoms with Gasteiger partial charge in [0.15, 0.2) is 5.82 Å². The highest BCUT2D eigenvalue weighted by atomic mass is 19.1. The lowest BCUT2D eigenvalue weighted by Gasteiger charge is -2.44. The third-order valence-corrected chi connectivity index (χ3v) is 6.07. The van der Waals surface area contributed by atoms with Crippen LogP contribution >= 0.6 is 0 Å². The highest BCUT2D eigenvalue weighted by Crippen LogP contribution is 2.35. The van der Waals surface area contributed by atoms with Crippen molar-refractivity contribution in [3.05, 3.63) is 107 Å². The second-order valence-electron chi connectivity index (χ2n) is 8.54. The SMILES string of the molecule is C=NC1=C(N(CCc2cccc(C)c2)Cc2ccc(F)cc2)C(=C)N(CCCC)C(=C)N1C. The maximum Gasteiger partial charge on any atom is 0.159 e. The van der Waals surface area contributed by atoms with Crippen LogP contribution in [0.5, 0.6) is 0 Å². The number of nitrogens with zero attached hydrogens (tertiary/aromatic N) is 4. The third kappa shape index (κ3) is 5.72. The van der Waals surface area contributed by atoms with Gasteiger partial charge in [-0.15, -0.1) is 0 Å². The average molecular weight is 447 g/mol. The Bertz CT molecular complexity index is 1040. The molecular formula is C28H35FN4. The zero-order valence-corrected chi connectivity index (χ0v) is 20.1. The fraction of sp³-hybridized carbons (Fsp3) is 0.321. The minimum atomic E-state index is -0.235. The molecule has 2 aromatic carbocycles. The first-order chi connectivity index (χ1) is 15.8. The number of hydrogen-bond acceptors (Lipinski definition) is 4. The number of aliphatic imine (C=N–C) groups is 1. The average Bonchev–Trinajstić information content (AvgIpc) is 2.80. The summed E-state index contributed by atoms with van der Waals surface area (Å²) >= 11 is 0. The van der Waals surface area contributed by atoms with E-state index < -0.39 is 0 Å². The zero-order chi connectivity index (χ0) is 24.0. The molecule has 0 fully saturated rings. The van der Waals surface area contributed by atoms with E-state index in [1.54, 1.807) is 0 Å². The number of aryl methyl sites for hydroxylation is 1. The third-order valence-electron chi connectivity index (χ3n) is 6.07. The molecule has 0 atom stereocenters. The van der Waals surface area contributed by atoms with Crippen molar-refractivity contribution in [3.8, 4) is 0 Å². The molecule has 1 heterocycles. The van der Waals surface area contributed by atoms with Gasteiger partial charge in [0.25, 0.3) is 0 Å². The van der Waals surface area contributed by atoms with E-state index in [9.17, 15) is 4.39 Å². The standard InChI is InChI=1S/C28H35FN4/c1-7-8-17-33-22(3)27(28(30-5)31(6)23(33)4)32(20-25-12-14-26(29)15-13-25)18-16-24-11-9-10-21(2)19-24/h9-15,19H,3-5,7-8,16-18,20H2,1-2,6H3. The lowest BCUT2D eigenvalue weighted by Crippen LogP contribution is -2.42. The van der Waals surface area contributed by atoms with E-state index in [0.717, 1.165) is 61.0 Å². The van der Waals surface area contributed by atoms with Crippen molar-refractivity contribution in [2.75, 3.05) is 20.1 Å². The van der Waals surface area contributed by atoms with E-state index in [1.165, 1.54) is 23.3 Å². The summed E-state index contributed by atoms with van der Waals surface area (Å²) in [7, 11) is 1.97. The molecule has 0 saturated carbocycles. The van der Waals surface area contributed by atoms with Crippen LogP contribution < -0.4 is 0 Å². The molecule has 0 amide bonds. The van der Waals surface area contributed by atoms with Gasteiger partial charge in [0, 0.05) is 26.7 Å². The molecule has 4 nitrogen and oxygen atoms in total. The van der Waals surface area contributed by atoms with E-state index in [0.29, 0.717) is 6.54 Å². The first-order valence-electron chi connectivity index (χ1n) is 11.5. The highest BCUT2D eigenvalue weighted by Gasteiger charge is 2.31. The molecule has 0 N–H and O–H groups in total. The fourth-order valence-electron chi connectivity index (χ4n) is 4.17. The van der Waals surface area contributed by atoms with Crippen LogP contribution in [0.4, 0.5) is 4.39 Å². The van der Waals surface area contributed by atoms with Crippen molar-refractivity contribution in [2.45, 2.75) is 39.7 Å².